The van der Waals surface area contributed by atoms with Gasteiger partial charge in [-0.05, 0) is 47.9 Å². The first-order valence-corrected chi connectivity index (χ1v) is 13.7. The van der Waals surface area contributed by atoms with E-state index in [0.29, 0.717) is 43.1 Å². The number of nitrogens with one attached hydrogen (secondary N) is 2. The zero-order valence-corrected chi connectivity index (χ0v) is 23.8. The van der Waals surface area contributed by atoms with Gasteiger partial charge >= 0.3 is 6.18 Å². The number of hydrogen-bond acceptors (Lipinski definition) is 8. The molecule has 1 aliphatic rings. The van der Waals surface area contributed by atoms with Crippen molar-refractivity contribution in [2.24, 2.45) is 0 Å². The maximum absolute atomic E-state index is 13.9. The number of carbonyl (C=O) groups excluding carboxylic acids is 1. The number of likely N-dealkylation sites (N-methyl/N-ethyl adjacent to an activating group) is 1. The van der Waals surface area contributed by atoms with Crippen molar-refractivity contribution in [3.63, 3.8) is 0 Å². The molecule has 2 N–H and O–H groups in total. The fourth-order valence-corrected chi connectivity index (χ4v) is 4.63. The molecule has 13 heteroatoms. The molecule has 1 fully saturated rings. The molecule has 0 saturated carbocycles. The van der Waals surface area contributed by atoms with Gasteiger partial charge in [0.05, 0.1) is 18.4 Å². The molecule has 0 aliphatic carbocycles. The number of aromatic nitrogens is 4. The molecular formula is C30H31F3N8O2. The lowest BCUT2D eigenvalue weighted by atomic mass is 10.0. The summed E-state index contributed by atoms with van der Waals surface area (Å²) in [7, 11) is 3.55. The molecule has 224 valence electrons. The van der Waals surface area contributed by atoms with Crippen molar-refractivity contribution in [1.82, 2.24) is 29.8 Å². The van der Waals surface area contributed by atoms with Crippen LogP contribution < -0.4 is 15.5 Å². The molecule has 4 heterocycles. The van der Waals surface area contributed by atoms with E-state index in [4.69, 9.17) is 4.74 Å². The van der Waals surface area contributed by atoms with Crippen LogP contribution in [0.5, 0.6) is 0 Å². The zero-order valence-electron chi connectivity index (χ0n) is 23.8. The van der Waals surface area contributed by atoms with Crippen LogP contribution in [0, 0.1) is 11.8 Å². The Morgan fingerprint density at radius 1 is 1.12 bits per heavy atom. The average molecular weight is 593 g/mol. The summed E-state index contributed by atoms with van der Waals surface area (Å²) in [6.45, 7) is 4.14. The van der Waals surface area contributed by atoms with Crippen molar-refractivity contribution in [1.29, 1.82) is 0 Å². The van der Waals surface area contributed by atoms with Gasteiger partial charge in [0.15, 0.2) is 5.65 Å². The first-order valence-electron chi connectivity index (χ1n) is 13.7. The van der Waals surface area contributed by atoms with Crippen LogP contribution in [0.2, 0.25) is 0 Å². The summed E-state index contributed by atoms with van der Waals surface area (Å²) in [5, 5.41) is 10.4. The van der Waals surface area contributed by atoms with E-state index < -0.39 is 17.6 Å². The Bertz CT molecular complexity index is 1650. The molecule has 0 bridgehead atoms. The fraction of sp³-hybridized carbons (Fsp3) is 0.333. The highest BCUT2D eigenvalue weighted by Crippen LogP contribution is 2.33. The Balaban J connectivity index is 1.32. The van der Waals surface area contributed by atoms with Crippen LogP contribution in [-0.2, 0) is 17.5 Å². The topological polar surface area (TPSA) is 99.9 Å². The highest BCUT2D eigenvalue weighted by Gasteiger charge is 2.34. The van der Waals surface area contributed by atoms with Crippen molar-refractivity contribution in [2.45, 2.75) is 12.7 Å². The number of hydrogen-bond donors (Lipinski definition) is 2. The lowest BCUT2D eigenvalue weighted by Crippen LogP contribution is -2.43. The minimum Gasteiger partial charge on any atom is -0.383 e. The molecule has 1 amide bonds. The van der Waals surface area contributed by atoms with Gasteiger partial charge in [-0.2, -0.15) is 13.2 Å². The number of piperazine rings is 1. The SMILES string of the molecule is COCCN(C)c1ccc2ncc(C#Cc3ccnc(NC(=O)c4ccc(CN5CCNCC5)c(C(F)(F)F)c4)c3)n2n1. The van der Waals surface area contributed by atoms with Gasteiger partial charge in [0.2, 0.25) is 0 Å². The number of benzene rings is 1. The van der Waals surface area contributed by atoms with Crippen molar-refractivity contribution in [3.8, 4) is 11.8 Å². The number of alkyl halides is 3. The highest BCUT2D eigenvalue weighted by molar-refractivity contribution is 6.04. The summed E-state index contributed by atoms with van der Waals surface area (Å²) in [5.41, 5.74) is 0.930. The first-order chi connectivity index (χ1) is 20.7. The van der Waals surface area contributed by atoms with Crippen LogP contribution >= 0.6 is 0 Å². The molecule has 1 saturated heterocycles. The third-order valence-electron chi connectivity index (χ3n) is 6.99. The lowest BCUT2D eigenvalue weighted by Gasteiger charge is -2.28. The number of methoxy groups -OCH3 is 1. The molecule has 0 radical (unpaired) electrons. The van der Waals surface area contributed by atoms with Gasteiger partial charge in [-0.15, -0.1) is 5.10 Å². The summed E-state index contributed by atoms with van der Waals surface area (Å²) in [4.78, 5) is 25.3. The predicted octanol–water partition coefficient (Wildman–Crippen LogP) is 3.28. The molecule has 43 heavy (non-hydrogen) atoms. The number of rotatable bonds is 8. The zero-order chi connectivity index (χ0) is 30.4. The van der Waals surface area contributed by atoms with E-state index in [0.717, 1.165) is 25.0 Å². The Labute approximate surface area is 246 Å². The second-order valence-electron chi connectivity index (χ2n) is 10.0. The monoisotopic (exact) mass is 592 g/mol. The standard InChI is InChI=1S/C30H31F3N8O2/c1-39(15-16-43-2)28-8-7-27-36-19-24(41(27)38-28)6-3-21-9-10-35-26(17-21)37-29(42)22-4-5-23(25(18-22)30(31,32)33)20-40-13-11-34-12-14-40/h4-5,7-10,17-19,34H,11-16,20H2,1-2H3,(H,35,37,42). The second kappa shape index (κ2) is 13.2. The molecule has 0 atom stereocenters. The predicted molar refractivity (Wildman–Crippen MR) is 156 cm³/mol. The minimum absolute atomic E-state index is 0.113. The normalized spacial score (nSPS) is 13.9. The van der Waals surface area contributed by atoms with E-state index in [9.17, 15) is 18.0 Å². The van der Waals surface area contributed by atoms with Crippen molar-refractivity contribution in [2.75, 3.05) is 63.7 Å². The number of ether oxygens (including phenoxy) is 1. The number of pyridine rings is 1. The van der Waals surface area contributed by atoms with Crippen LogP contribution in [-0.4, -0.2) is 83.9 Å². The van der Waals surface area contributed by atoms with E-state index in [2.05, 4.69) is 37.5 Å². The van der Waals surface area contributed by atoms with E-state index in [1.165, 1.54) is 18.3 Å². The van der Waals surface area contributed by atoms with Crippen molar-refractivity contribution in [3.05, 3.63) is 82.8 Å². The van der Waals surface area contributed by atoms with Gasteiger partial charge in [-0.25, -0.2) is 14.5 Å². The molecule has 3 aromatic heterocycles. The van der Waals surface area contributed by atoms with Gasteiger partial charge in [-0.3, -0.25) is 9.69 Å². The second-order valence-corrected chi connectivity index (χ2v) is 10.0. The van der Waals surface area contributed by atoms with Crippen molar-refractivity contribution < 1.29 is 22.7 Å². The van der Waals surface area contributed by atoms with Crippen LogP contribution in [0.25, 0.3) is 5.65 Å². The van der Waals surface area contributed by atoms with E-state index >= 15 is 0 Å². The Hall–Kier alpha value is -4.51. The lowest BCUT2D eigenvalue weighted by molar-refractivity contribution is -0.138. The molecular weight excluding hydrogens is 561 g/mol. The van der Waals surface area contributed by atoms with Gasteiger partial charge in [0.25, 0.3) is 5.91 Å². The van der Waals surface area contributed by atoms with E-state index in [-0.39, 0.29) is 23.5 Å². The van der Waals surface area contributed by atoms with Crippen LogP contribution in [0.15, 0.2) is 54.9 Å². The number of carbonyl (C=O) groups is 1. The van der Waals surface area contributed by atoms with E-state index in [1.807, 2.05) is 29.0 Å². The van der Waals surface area contributed by atoms with Crippen molar-refractivity contribution >= 4 is 23.2 Å². The summed E-state index contributed by atoms with van der Waals surface area (Å²) in [6.07, 6.45) is -1.52. The molecule has 1 aliphatic heterocycles. The molecule has 4 aromatic rings. The Morgan fingerprint density at radius 3 is 2.70 bits per heavy atom. The average Bonchev–Trinajstić information content (AvgIpc) is 3.41. The third-order valence-corrected chi connectivity index (χ3v) is 6.99. The smallest absolute Gasteiger partial charge is 0.383 e. The number of imidazole rings is 1. The van der Waals surface area contributed by atoms with Gasteiger partial charge in [0.1, 0.15) is 17.3 Å². The van der Waals surface area contributed by atoms with Gasteiger partial charge < -0.3 is 20.3 Å². The molecule has 1 aromatic carbocycles. The highest BCUT2D eigenvalue weighted by atomic mass is 19.4. The third kappa shape index (κ3) is 7.47. The Kier molecular flexibility index (Phi) is 9.20. The number of amides is 1. The Morgan fingerprint density at radius 2 is 1.93 bits per heavy atom. The van der Waals surface area contributed by atoms with E-state index in [1.54, 1.807) is 30.0 Å². The molecule has 0 spiro atoms. The van der Waals surface area contributed by atoms with Crippen LogP contribution in [0.1, 0.15) is 32.7 Å². The van der Waals surface area contributed by atoms with Gasteiger partial charge in [-0.1, -0.05) is 12.0 Å². The quantitative estimate of drug-likeness (QED) is 0.301. The number of anilines is 2. The molecule has 0 unspecified atom stereocenters. The largest absolute Gasteiger partial charge is 0.416 e. The summed E-state index contributed by atoms with van der Waals surface area (Å²) < 4.78 is 48.6. The number of halogens is 3. The number of nitrogens with zero attached hydrogens (tertiary/aromatic N) is 6. The van der Waals surface area contributed by atoms with Crippen LogP contribution in [0.3, 0.4) is 0 Å². The summed E-state index contributed by atoms with van der Waals surface area (Å²) in [6, 6.07) is 10.6. The summed E-state index contributed by atoms with van der Waals surface area (Å²) in [5.74, 6) is 6.24. The molecule has 10 nitrogen and oxygen atoms in total. The summed E-state index contributed by atoms with van der Waals surface area (Å²) >= 11 is 0. The van der Waals surface area contributed by atoms with Crippen LogP contribution in [0.4, 0.5) is 24.8 Å². The number of fused-ring (bicyclic) bond motifs is 1. The minimum atomic E-state index is -4.60. The van der Waals surface area contributed by atoms with Gasteiger partial charge in [0, 0.05) is 70.7 Å². The maximum atomic E-state index is 13.9. The first kappa shape index (κ1) is 30.0. The fourth-order valence-electron chi connectivity index (χ4n) is 4.63. The molecule has 5 rings (SSSR count). The maximum Gasteiger partial charge on any atom is 0.416 e.